The number of esters is 2. The molecule has 1 amide bonds. The molecule has 0 aliphatic carbocycles. The van der Waals surface area contributed by atoms with E-state index in [1.807, 2.05) is 99.6 Å². The van der Waals surface area contributed by atoms with Crippen LogP contribution in [0.4, 0.5) is 16.2 Å². The largest absolute Gasteiger partial charge is 0.465 e. The molecule has 4 rings (SSSR count). The van der Waals surface area contributed by atoms with Crippen molar-refractivity contribution in [3.8, 4) is 22.3 Å². The Morgan fingerprint density at radius 2 is 1.04 bits per heavy atom. The first kappa shape index (κ1) is 36.1. The molecule has 0 saturated carbocycles. The highest BCUT2D eigenvalue weighted by Gasteiger charge is 2.15. The molecular formula is C37H44N4O6. The molecule has 47 heavy (non-hydrogen) atoms. The fourth-order valence-electron chi connectivity index (χ4n) is 4.41. The number of carbonyl (C=O) groups excluding carboxylic acids is 3. The van der Waals surface area contributed by atoms with E-state index in [-0.39, 0.29) is 11.9 Å². The van der Waals surface area contributed by atoms with Crippen molar-refractivity contribution >= 4 is 29.4 Å². The van der Waals surface area contributed by atoms with Crippen LogP contribution in [0.2, 0.25) is 0 Å². The molecule has 4 aromatic carbocycles. The number of nitrogens with one attached hydrogen (secondary N) is 3. The van der Waals surface area contributed by atoms with E-state index >= 15 is 0 Å². The topological polar surface area (TPSA) is 141 Å². The second kappa shape index (κ2) is 18.0. The molecule has 5 N–H and O–H groups in total. The molecular weight excluding hydrogens is 596 g/mol. The summed E-state index contributed by atoms with van der Waals surface area (Å²) in [6.45, 7) is 7.79. The van der Waals surface area contributed by atoms with Gasteiger partial charge < -0.3 is 35.9 Å². The van der Waals surface area contributed by atoms with Crippen LogP contribution >= 0.6 is 0 Å². The van der Waals surface area contributed by atoms with Crippen molar-refractivity contribution in [1.29, 1.82) is 0 Å². The lowest BCUT2D eigenvalue weighted by molar-refractivity contribution is 0.0527. The molecule has 0 aromatic heterocycles. The average Bonchev–Trinajstić information content (AvgIpc) is 3.08. The Morgan fingerprint density at radius 1 is 0.617 bits per heavy atom. The maximum atomic E-state index is 11.7. The van der Waals surface area contributed by atoms with Gasteiger partial charge in [-0.3, -0.25) is 0 Å². The Bertz CT molecular complexity index is 1630. The summed E-state index contributed by atoms with van der Waals surface area (Å²) in [6, 6.07) is 30.5. The van der Waals surface area contributed by atoms with Crippen molar-refractivity contribution in [3.05, 3.63) is 108 Å². The number of ether oxygens (including phenoxy) is 3. The van der Waals surface area contributed by atoms with Crippen molar-refractivity contribution in [2.24, 2.45) is 5.73 Å². The standard InChI is InChI=1S/C21H26N2O4.C16H18N2O2/c1-21(2,3)27-20(25)23-12-11-22-18-10-6-8-16(14-18)15-7-5-9-17(13-15)19(24)26-4;1-20-16(19)14-6-2-4-12(10-14)13-5-3-7-15(11-13)18-9-8-17/h5-10,13-14,22H,11-12H2,1-4H3,(H,23,25);2-7,10-11,18H,8-9,17H2,1H3. The van der Waals surface area contributed by atoms with Crippen molar-refractivity contribution in [2.45, 2.75) is 26.4 Å². The van der Waals surface area contributed by atoms with Gasteiger partial charge in [0.1, 0.15) is 5.60 Å². The highest BCUT2D eigenvalue weighted by atomic mass is 16.6. The summed E-state index contributed by atoms with van der Waals surface area (Å²) in [5.74, 6) is -0.691. The highest BCUT2D eigenvalue weighted by molar-refractivity contribution is 5.91. The summed E-state index contributed by atoms with van der Waals surface area (Å²) in [6.07, 6.45) is -0.433. The number of hydrogen-bond donors (Lipinski definition) is 4. The van der Waals surface area contributed by atoms with Gasteiger partial charge in [-0.1, -0.05) is 48.5 Å². The van der Waals surface area contributed by atoms with Crippen molar-refractivity contribution in [2.75, 3.05) is 51.0 Å². The van der Waals surface area contributed by atoms with Crippen LogP contribution in [0.1, 0.15) is 41.5 Å². The predicted octanol–water partition coefficient (Wildman–Crippen LogP) is 6.59. The number of nitrogens with two attached hydrogens (primary N) is 1. The lowest BCUT2D eigenvalue weighted by atomic mass is 10.0. The summed E-state index contributed by atoms with van der Waals surface area (Å²) < 4.78 is 14.7. The number of carbonyl (C=O) groups is 3. The number of hydrogen-bond acceptors (Lipinski definition) is 9. The molecule has 0 spiro atoms. The third kappa shape index (κ3) is 12.2. The quantitative estimate of drug-likeness (QED) is 0.0812. The summed E-state index contributed by atoms with van der Waals surface area (Å²) in [5, 5.41) is 9.20. The summed E-state index contributed by atoms with van der Waals surface area (Å²) in [5.41, 5.74) is 11.9. The van der Waals surface area contributed by atoms with Crippen LogP contribution < -0.4 is 21.7 Å². The van der Waals surface area contributed by atoms with Crippen LogP contribution in [-0.4, -0.2) is 64.0 Å². The van der Waals surface area contributed by atoms with Gasteiger partial charge in [-0.2, -0.15) is 0 Å². The minimum Gasteiger partial charge on any atom is -0.465 e. The number of rotatable bonds is 11. The molecule has 0 unspecified atom stereocenters. The minimum atomic E-state index is -0.509. The van der Waals surface area contributed by atoms with E-state index in [4.69, 9.17) is 19.9 Å². The van der Waals surface area contributed by atoms with Crippen molar-refractivity contribution in [3.63, 3.8) is 0 Å². The Morgan fingerprint density at radius 3 is 1.47 bits per heavy atom. The van der Waals surface area contributed by atoms with Gasteiger partial charge in [-0.05, 0) is 91.6 Å². The molecule has 0 bridgehead atoms. The fourth-order valence-corrected chi connectivity index (χ4v) is 4.41. The third-order valence-electron chi connectivity index (χ3n) is 6.55. The number of benzene rings is 4. The van der Waals surface area contributed by atoms with Crippen LogP contribution in [0.3, 0.4) is 0 Å². The number of amides is 1. The van der Waals surface area contributed by atoms with E-state index in [0.29, 0.717) is 30.8 Å². The molecule has 4 aromatic rings. The van der Waals surface area contributed by atoms with Crippen LogP contribution in [-0.2, 0) is 14.2 Å². The third-order valence-corrected chi connectivity index (χ3v) is 6.55. The predicted molar refractivity (Wildman–Crippen MR) is 187 cm³/mol. The summed E-state index contributed by atoms with van der Waals surface area (Å²) >= 11 is 0. The Labute approximate surface area is 276 Å². The first-order chi connectivity index (χ1) is 22.5. The molecule has 0 saturated heterocycles. The minimum absolute atomic E-state index is 0.329. The van der Waals surface area contributed by atoms with E-state index in [9.17, 15) is 14.4 Å². The lowest BCUT2D eigenvalue weighted by Gasteiger charge is -2.19. The lowest BCUT2D eigenvalue weighted by Crippen LogP contribution is -2.34. The molecule has 0 aliphatic heterocycles. The average molecular weight is 641 g/mol. The normalized spacial score (nSPS) is 10.5. The van der Waals surface area contributed by atoms with Crippen LogP contribution in [0.25, 0.3) is 22.3 Å². The van der Waals surface area contributed by atoms with Gasteiger partial charge in [0, 0.05) is 37.6 Å². The Balaban J connectivity index is 0.000000267. The second-order valence-electron chi connectivity index (χ2n) is 11.4. The van der Waals surface area contributed by atoms with E-state index in [0.717, 1.165) is 40.2 Å². The highest BCUT2D eigenvalue weighted by Crippen LogP contribution is 2.25. The second-order valence-corrected chi connectivity index (χ2v) is 11.4. The molecule has 0 fully saturated rings. The fraction of sp³-hybridized carbons (Fsp3) is 0.270. The van der Waals surface area contributed by atoms with Gasteiger partial charge in [0.05, 0.1) is 25.3 Å². The van der Waals surface area contributed by atoms with Gasteiger partial charge in [-0.15, -0.1) is 0 Å². The smallest absolute Gasteiger partial charge is 0.407 e. The SMILES string of the molecule is COC(=O)c1cccc(-c2cccc(NCCN)c2)c1.COC(=O)c1cccc(-c2cccc(NCCNC(=O)OC(C)(C)C)c2)c1. The summed E-state index contributed by atoms with van der Waals surface area (Å²) in [4.78, 5) is 34.9. The zero-order valence-electron chi connectivity index (χ0n) is 27.6. The van der Waals surface area contributed by atoms with Gasteiger partial charge in [0.25, 0.3) is 0 Å². The van der Waals surface area contributed by atoms with Crippen LogP contribution in [0.15, 0.2) is 97.1 Å². The molecule has 10 heteroatoms. The zero-order valence-corrected chi connectivity index (χ0v) is 27.6. The van der Waals surface area contributed by atoms with Crippen molar-refractivity contribution < 1.29 is 28.6 Å². The van der Waals surface area contributed by atoms with Crippen LogP contribution in [0.5, 0.6) is 0 Å². The number of alkyl carbamates (subject to hydrolysis) is 1. The van der Waals surface area contributed by atoms with Gasteiger partial charge in [-0.25, -0.2) is 14.4 Å². The monoisotopic (exact) mass is 640 g/mol. The van der Waals surface area contributed by atoms with Gasteiger partial charge in [0.2, 0.25) is 0 Å². The molecule has 0 atom stereocenters. The zero-order chi connectivity index (χ0) is 34.2. The van der Waals surface area contributed by atoms with Crippen molar-refractivity contribution in [1.82, 2.24) is 5.32 Å². The molecule has 0 aliphatic rings. The maximum absolute atomic E-state index is 11.7. The summed E-state index contributed by atoms with van der Waals surface area (Å²) in [7, 11) is 2.75. The van der Waals surface area contributed by atoms with E-state index < -0.39 is 11.7 Å². The maximum Gasteiger partial charge on any atom is 0.407 e. The van der Waals surface area contributed by atoms with Crippen LogP contribution in [0, 0.1) is 0 Å². The Kier molecular flexibility index (Phi) is 13.8. The van der Waals surface area contributed by atoms with E-state index in [1.165, 1.54) is 14.2 Å². The molecule has 0 heterocycles. The first-order valence-electron chi connectivity index (χ1n) is 15.2. The number of anilines is 2. The van der Waals surface area contributed by atoms with E-state index in [2.05, 4.69) is 16.0 Å². The van der Waals surface area contributed by atoms with Gasteiger partial charge >= 0.3 is 18.0 Å². The molecule has 0 radical (unpaired) electrons. The first-order valence-corrected chi connectivity index (χ1v) is 15.2. The number of methoxy groups -OCH3 is 2. The molecule has 10 nitrogen and oxygen atoms in total. The molecule has 248 valence electrons. The van der Waals surface area contributed by atoms with E-state index in [1.54, 1.807) is 18.2 Å². The Hall–Kier alpha value is -5.35. The van der Waals surface area contributed by atoms with Gasteiger partial charge in [0.15, 0.2) is 0 Å².